The van der Waals surface area contributed by atoms with Crippen LogP contribution in [0.3, 0.4) is 0 Å². The second-order valence-corrected chi connectivity index (χ2v) is 7.27. The second kappa shape index (κ2) is 4.85. The van der Waals surface area contributed by atoms with Crippen LogP contribution in [0.1, 0.15) is 44.1 Å². The van der Waals surface area contributed by atoms with Gasteiger partial charge >= 0.3 is 0 Å². The first kappa shape index (κ1) is 12.8. The number of hydrogen-bond acceptors (Lipinski definition) is 2. The third-order valence-electron chi connectivity index (χ3n) is 5.67. The maximum Gasteiger partial charge on any atom is 0.0471 e. The van der Waals surface area contributed by atoms with Crippen LogP contribution in [0.2, 0.25) is 0 Å². The van der Waals surface area contributed by atoms with Crippen molar-refractivity contribution in [1.29, 1.82) is 0 Å². The minimum absolute atomic E-state index is 0.390. The molecule has 1 aromatic rings. The lowest BCUT2D eigenvalue weighted by atomic mass is 9.48. The fraction of sp³-hybridized carbons (Fsp3) is 0.667. The summed E-state index contributed by atoms with van der Waals surface area (Å²) in [5, 5.41) is 3.79. The van der Waals surface area contributed by atoms with Gasteiger partial charge in [0.1, 0.15) is 0 Å². The molecule has 0 radical (unpaired) electrons. The van der Waals surface area contributed by atoms with Crippen molar-refractivity contribution in [2.24, 2.45) is 5.41 Å². The first-order chi connectivity index (χ1) is 9.80. The Labute approximate surface area is 121 Å². The van der Waals surface area contributed by atoms with E-state index in [-0.39, 0.29) is 0 Å². The third-order valence-corrected chi connectivity index (χ3v) is 5.67. The number of rotatable bonds is 4. The summed E-state index contributed by atoms with van der Waals surface area (Å²) in [5.74, 6) is 0. The van der Waals surface area contributed by atoms with Gasteiger partial charge < -0.3 is 10.1 Å². The van der Waals surface area contributed by atoms with Gasteiger partial charge in [0.05, 0.1) is 0 Å². The Balaban J connectivity index is 1.52. The van der Waals surface area contributed by atoms with Gasteiger partial charge in [-0.2, -0.15) is 0 Å². The highest BCUT2D eigenvalue weighted by atomic mass is 16.5. The Kier molecular flexibility index (Phi) is 3.12. The average Bonchev–Trinajstić information content (AvgIpc) is 3.29. The maximum absolute atomic E-state index is 5.57. The summed E-state index contributed by atoms with van der Waals surface area (Å²) in [7, 11) is 0. The molecule has 108 valence electrons. The molecule has 2 aliphatic carbocycles. The van der Waals surface area contributed by atoms with Crippen LogP contribution in [-0.2, 0) is 10.2 Å². The van der Waals surface area contributed by atoms with Crippen LogP contribution in [0.4, 0.5) is 0 Å². The van der Waals surface area contributed by atoms with E-state index in [4.69, 9.17) is 4.74 Å². The van der Waals surface area contributed by atoms with E-state index in [9.17, 15) is 0 Å². The molecule has 3 aliphatic rings. The molecule has 3 fully saturated rings. The first-order valence-corrected chi connectivity index (χ1v) is 8.17. The zero-order valence-corrected chi connectivity index (χ0v) is 12.2. The van der Waals surface area contributed by atoms with E-state index >= 15 is 0 Å². The van der Waals surface area contributed by atoms with E-state index in [2.05, 4.69) is 35.6 Å². The largest absolute Gasteiger partial charge is 0.381 e. The minimum Gasteiger partial charge on any atom is -0.381 e. The molecular formula is C18H25NO. The lowest BCUT2D eigenvalue weighted by Gasteiger charge is -2.58. The molecule has 2 heteroatoms. The number of nitrogens with one attached hydrogen (secondary N) is 1. The Bertz CT molecular complexity index is 452. The lowest BCUT2D eigenvalue weighted by molar-refractivity contribution is -0.0738. The van der Waals surface area contributed by atoms with E-state index in [0.717, 1.165) is 19.3 Å². The summed E-state index contributed by atoms with van der Waals surface area (Å²) in [5.41, 5.74) is 2.52. The van der Waals surface area contributed by atoms with Gasteiger partial charge in [-0.15, -0.1) is 0 Å². The topological polar surface area (TPSA) is 21.3 Å². The average molecular weight is 271 g/mol. The van der Waals surface area contributed by atoms with Crippen molar-refractivity contribution in [2.45, 2.75) is 50.0 Å². The van der Waals surface area contributed by atoms with Crippen molar-refractivity contribution in [1.82, 2.24) is 5.32 Å². The monoisotopic (exact) mass is 271 g/mol. The maximum atomic E-state index is 5.57. The summed E-state index contributed by atoms with van der Waals surface area (Å²) in [6, 6.07) is 12.0. The third kappa shape index (κ3) is 2.29. The molecule has 20 heavy (non-hydrogen) atoms. The van der Waals surface area contributed by atoms with Crippen LogP contribution >= 0.6 is 0 Å². The molecule has 0 amide bonds. The Hall–Kier alpha value is -0.860. The molecular weight excluding hydrogens is 246 g/mol. The first-order valence-electron chi connectivity index (χ1n) is 8.17. The normalized spacial score (nSPS) is 27.2. The fourth-order valence-corrected chi connectivity index (χ4v) is 4.39. The van der Waals surface area contributed by atoms with E-state index < -0.39 is 0 Å². The van der Waals surface area contributed by atoms with E-state index in [0.29, 0.717) is 10.8 Å². The van der Waals surface area contributed by atoms with Crippen molar-refractivity contribution >= 4 is 0 Å². The van der Waals surface area contributed by atoms with Gasteiger partial charge in [0.25, 0.3) is 0 Å². The zero-order valence-electron chi connectivity index (χ0n) is 12.2. The molecule has 1 aromatic carbocycles. The van der Waals surface area contributed by atoms with Gasteiger partial charge in [-0.1, -0.05) is 30.3 Å². The number of hydrogen-bond donors (Lipinski definition) is 1. The van der Waals surface area contributed by atoms with Gasteiger partial charge in [0.2, 0.25) is 0 Å². The summed E-state index contributed by atoms with van der Waals surface area (Å²) in [6.07, 6.45) is 8.00. The molecule has 2 saturated carbocycles. The van der Waals surface area contributed by atoms with Gasteiger partial charge in [-0.3, -0.25) is 0 Å². The van der Waals surface area contributed by atoms with Crippen LogP contribution in [0.5, 0.6) is 0 Å². The van der Waals surface area contributed by atoms with Crippen molar-refractivity contribution in [3.8, 4) is 0 Å². The molecule has 4 rings (SSSR count). The minimum atomic E-state index is 0.390. The Morgan fingerprint density at radius 2 is 1.75 bits per heavy atom. The Morgan fingerprint density at radius 1 is 1.05 bits per heavy atom. The summed E-state index contributed by atoms with van der Waals surface area (Å²) >= 11 is 0. The summed E-state index contributed by atoms with van der Waals surface area (Å²) in [6.45, 7) is 3.12. The molecule has 1 spiro atoms. The van der Waals surface area contributed by atoms with Gasteiger partial charge in [0.15, 0.2) is 0 Å². The van der Waals surface area contributed by atoms with Crippen LogP contribution in [0.25, 0.3) is 0 Å². The van der Waals surface area contributed by atoms with Crippen LogP contribution in [-0.4, -0.2) is 25.8 Å². The molecule has 2 nitrogen and oxygen atoms in total. The molecule has 0 unspecified atom stereocenters. The quantitative estimate of drug-likeness (QED) is 0.907. The van der Waals surface area contributed by atoms with Crippen molar-refractivity contribution in [3.63, 3.8) is 0 Å². The lowest BCUT2D eigenvalue weighted by Crippen LogP contribution is -2.56. The van der Waals surface area contributed by atoms with Gasteiger partial charge in [-0.25, -0.2) is 0 Å². The van der Waals surface area contributed by atoms with Crippen molar-refractivity contribution in [2.75, 3.05) is 19.8 Å². The molecule has 0 atom stereocenters. The summed E-state index contributed by atoms with van der Waals surface area (Å²) < 4.78 is 5.57. The summed E-state index contributed by atoms with van der Waals surface area (Å²) in [4.78, 5) is 0. The van der Waals surface area contributed by atoms with E-state index in [1.807, 2.05) is 0 Å². The molecule has 1 N–H and O–H groups in total. The SMILES string of the molecule is c1ccc(C2(CNC3CC3)CC3(CCOCC3)C2)cc1. The predicted octanol–water partition coefficient (Wildman–Crippen LogP) is 3.27. The zero-order chi connectivity index (χ0) is 13.5. The van der Waals surface area contributed by atoms with Gasteiger partial charge in [-0.05, 0) is 49.5 Å². The molecule has 1 saturated heterocycles. The van der Waals surface area contributed by atoms with Crippen LogP contribution < -0.4 is 5.32 Å². The van der Waals surface area contributed by atoms with Gasteiger partial charge in [0, 0.05) is 31.2 Å². The Morgan fingerprint density at radius 3 is 2.40 bits per heavy atom. The van der Waals surface area contributed by atoms with Crippen LogP contribution in [0, 0.1) is 5.41 Å². The predicted molar refractivity (Wildman–Crippen MR) is 80.9 cm³/mol. The smallest absolute Gasteiger partial charge is 0.0471 e. The fourth-order valence-electron chi connectivity index (χ4n) is 4.39. The van der Waals surface area contributed by atoms with E-state index in [1.54, 1.807) is 5.56 Å². The highest BCUT2D eigenvalue weighted by Crippen LogP contribution is 2.60. The second-order valence-electron chi connectivity index (χ2n) is 7.27. The number of benzene rings is 1. The van der Waals surface area contributed by atoms with E-state index in [1.165, 1.54) is 45.1 Å². The van der Waals surface area contributed by atoms with Crippen molar-refractivity contribution < 1.29 is 4.74 Å². The standard InChI is InChI=1S/C18H25NO/c1-2-4-15(5-3-1)18(14-19-16-6-7-16)12-17(13-18)8-10-20-11-9-17/h1-5,16,19H,6-14H2. The highest BCUT2D eigenvalue weighted by molar-refractivity contribution is 5.31. The van der Waals surface area contributed by atoms with Crippen molar-refractivity contribution in [3.05, 3.63) is 35.9 Å². The van der Waals surface area contributed by atoms with Crippen LogP contribution in [0.15, 0.2) is 30.3 Å². The molecule has 0 aromatic heterocycles. The molecule has 1 heterocycles. The molecule has 1 aliphatic heterocycles. The highest BCUT2D eigenvalue weighted by Gasteiger charge is 2.55. The number of ether oxygens (including phenoxy) is 1. The molecule has 0 bridgehead atoms.